The fourth-order valence-corrected chi connectivity index (χ4v) is 2.86. The molecule has 1 fully saturated rings. The molecule has 2 aromatic rings. The summed E-state index contributed by atoms with van der Waals surface area (Å²) >= 11 is 0. The third kappa shape index (κ3) is 5.01. The van der Waals surface area contributed by atoms with E-state index in [-0.39, 0.29) is 17.9 Å². The Balaban J connectivity index is 1.71. The fraction of sp³-hybridized carbons (Fsp3) is 0.250. The number of aromatic nitrogens is 1. The lowest BCUT2D eigenvalue weighted by atomic mass is 10.1. The number of amides is 2. The molecule has 5 nitrogen and oxygen atoms in total. The Labute approximate surface area is 147 Å². The standard InChI is InChI=1S/C20H21N3O2/c24-19-10-9-18(22-19)15-23(14-17-7-4-12-21-13-17)20(25)11-8-16-5-2-1-3-6-16/h1-8,11-13,18H,9-10,14-15H2,(H,22,24)/b11-8+/t18-/m0/s1. The Morgan fingerprint density at radius 1 is 1.24 bits per heavy atom. The monoisotopic (exact) mass is 335 g/mol. The summed E-state index contributed by atoms with van der Waals surface area (Å²) in [6, 6.07) is 13.5. The number of hydrogen-bond acceptors (Lipinski definition) is 3. The van der Waals surface area contributed by atoms with Crippen LogP contribution in [0.3, 0.4) is 0 Å². The predicted octanol–water partition coefficient (Wildman–Crippen LogP) is 2.40. The maximum absolute atomic E-state index is 12.7. The topological polar surface area (TPSA) is 62.3 Å². The molecule has 1 aliphatic heterocycles. The highest BCUT2D eigenvalue weighted by Gasteiger charge is 2.24. The highest BCUT2D eigenvalue weighted by Crippen LogP contribution is 2.12. The maximum Gasteiger partial charge on any atom is 0.246 e. The zero-order valence-corrected chi connectivity index (χ0v) is 14.0. The maximum atomic E-state index is 12.7. The average Bonchev–Trinajstić information content (AvgIpc) is 3.06. The Hall–Kier alpha value is -2.95. The van der Waals surface area contributed by atoms with Gasteiger partial charge in [-0.1, -0.05) is 36.4 Å². The summed E-state index contributed by atoms with van der Waals surface area (Å²) in [6.45, 7) is 0.969. The summed E-state index contributed by atoms with van der Waals surface area (Å²) in [7, 11) is 0. The van der Waals surface area contributed by atoms with Crippen LogP contribution in [0.15, 0.2) is 60.9 Å². The molecule has 0 spiro atoms. The Bertz CT molecular complexity index is 744. The molecule has 2 amide bonds. The van der Waals surface area contributed by atoms with Crippen molar-refractivity contribution in [2.24, 2.45) is 0 Å². The van der Waals surface area contributed by atoms with Crippen LogP contribution in [0, 0.1) is 0 Å². The Morgan fingerprint density at radius 2 is 2.08 bits per heavy atom. The molecule has 1 aliphatic rings. The van der Waals surface area contributed by atoms with Crippen LogP contribution in [0.1, 0.15) is 24.0 Å². The smallest absolute Gasteiger partial charge is 0.246 e. The van der Waals surface area contributed by atoms with Gasteiger partial charge in [0.25, 0.3) is 0 Å². The van der Waals surface area contributed by atoms with Gasteiger partial charge in [-0.15, -0.1) is 0 Å². The average molecular weight is 335 g/mol. The molecule has 5 heteroatoms. The second kappa shape index (κ2) is 8.24. The minimum Gasteiger partial charge on any atom is -0.352 e. The molecule has 2 heterocycles. The molecule has 0 saturated carbocycles. The van der Waals surface area contributed by atoms with Gasteiger partial charge in [0.2, 0.25) is 11.8 Å². The molecule has 1 aromatic carbocycles. The zero-order chi connectivity index (χ0) is 17.5. The lowest BCUT2D eigenvalue weighted by Crippen LogP contribution is -2.41. The molecule has 0 radical (unpaired) electrons. The number of rotatable bonds is 6. The summed E-state index contributed by atoms with van der Waals surface area (Å²) in [5, 5.41) is 2.93. The van der Waals surface area contributed by atoms with E-state index < -0.39 is 0 Å². The number of carbonyl (C=O) groups is 2. The van der Waals surface area contributed by atoms with E-state index in [9.17, 15) is 9.59 Å². The number of benzene rings is 1. The van der Waals surface area contributed by atoms with Crippen molar-refractivity contribution in [2.45, 2.75) is 25.4 Å². The molecule has 3 rings (SSSR count). The van der Waals surface area contributed by atoms with Gasteiger partial charge in [0.05, 0.1) is 0 Å². The highest BCUT2D eigenvalue weighted by atomic mass is 16.2. The molecule has 0 unspecified atom stereocenters. The van der Waals surface area contributed by atoms with E-state index in [0.29, 0.717) is 19.5 Å². The van der Waals surface area contributed by atoms with E-state index in [1.807, 2.05) is 48.5 Å². The van der Waals surface area contributed by atoms with Crippen molar-refractivity contribution in [1.29, 1.82) is 0 Å². The van der Waals surface area contributed by atoms with Crippen molar-refractivity contribution in [2.75, 3.05) is 6.54 Å². The minimum atomic E-state index is -0.0751. The third-order valence-electron chi connectivity index (χ3n) is 4.15. The molecule has 1 atom stereocenters. The SMILES string of the molecule is O=C1CC[C@@H](CN(Cc2cccnc2)C(=O)/C=C/c2ccccc2)N1. The van der Waals surface area contributed by atoms with Crippen molar-refractivity contribution in [3.8, 4) is 0 Å². The molecule has 128 valence electrons. The van der Waals surface area contributed by atoms with Crippen LogP contribution in [0.5, 0.6) is 0 Å². The molecular formula is C20H21N3O2. The Morgan fingerprint density at radius 3 is 2.76 bits per heavy atom. The number of pyridine rings is 1. The first-order valence-electron chi connectivity index (χ1n) is 8.41. The summed E-state index contributed by atoms with van der Waals surface area (Å²) in [6.07, 6.45) is 8.16. The molecule has 1 N–H and O–H groups in total. The zero-order valence-electron chi connectivity index (χ0n) is 14.0. The van der Waals surface area contributed by atoms with Gasteiger partial charge >= 0.3 is 0 Å². The van der Waals surface area contributed by atoms with E-state index in [1.54, 1.807) is 23.4 Å². The molecule has 0 aliphatic carbocycles. The second-order valence-electron chi connectivity index (χ2n) is 6.13. The van der Waals surface area contributed by atoms with Crippen LogP contribution in [-0.4, -0.2) is 34.3 Å². The van der Waals surface area contributed by atoms with E-state index in [4.69, 9.17) is 0 Å². The van der Waals surface area contributed by atoms with Crippen molar-refractivity contribution >= 4 is 17.9 Å². The van der Waals surface area contributed by atoms with E-state index in [1.165, 1.54) is 0 Å². The van der Waals surface area contributed by atoms with Crippen LogP contribution in [0.25, 0.3) is 6.08 Å². The minimum absolute atomic E-state index is 0.0123. The van der Waals surface area contributed by atoms with Gasteiger partial charge < -0.3 is 10.2 Å². The van der Waals surface area contributed by atoms with Gasteiger partial charge in [-0.3, -0.25) is 14.6 Å². The summed E-state index contributed by atoms with van der Waals surface area (Å²) in [5.41, 5.74) is 1.94. The summed E-state index contributed by atoms with van der Waals surface area (Å²) in [5.74, 6) is -0.0209. The number of nitrogens with one attached hydrogen (secondary N) is 1. The number of nitrogens with zero attached hydrogens (tertiary/aromatic N) is 2. The van der Waals surface area contributed by atoms with Crippen LogP contribution in [0.4, 0.5) is 0 Å². The molecule has 0 bridgehead atoms. The van der Waals surface area contributed by atoms with E-state index in [2.05, 4.69) is 10.3 Å². The largest absolute Gasteiger partial charge is 0.352 e. The lowest BCUT2D eigenvalue weighted by Gasteiger charge is -2.24. The van der Waals surface area contributed by atoms with Crippen LogP contribution in [-0.2, 0) is 16.1 Å². The van der Waals surface area contributed by atoms with Gasteiger partial charge in [0, 0.05) is 44.0 Å². The molecular weight excluding hydrogens is 314 g/mol. The van der Waals surface area contributed by atoms with E-state index >= 15 is 0 Å². The summed E-state index contributed by atoms with van der Waals surface area (Å²) < 4.78 is 0. The number of carbonyl (C=O) groups excluding carboxylic acids is 2. The van der Waals surface area contributed by atoms with Gasteiger partial charge in [-0.2, -0.15) is 0 Å². The van der Waals surface area contributed by atoms with Crippen molar-refractivity contribution < 1.29 is 9.59 Å². The van der Waals surface area contributed by atoms with Crippen molar-refractivity contribution in [3.63, 3.8) is 0 Å². The highest BCUT2D eigenvalue weighted by molar-refractivity contribution is 5.91. The first-order chi connectivity index (χ1) is 12.2. The first-order valence-corrected chi connectivity index (χ1v) is 8.41. The van der Waals surface area contributed by atoms with Crippen LogP contribution >= 0.6 is 0 Å². The second-order valence-corrected chi connectivity index (χ2v) is 6.13. The van der Waals surface area contributed by atoms with Crippen LogP contribution < -0.4 is 5.32 Å². The molecule has 1 saturated heterocycles. The van der Waals surface area contributed by atoms with Gasteiger partial charge in [0.1, 0.15) is 0 Å². The predicted molar refractivity (Wildman–Crippen MR) is 96.3 cm³/mol. The summed E-state index contributed by atoms with van der Waals surface area (Å²) in [4.78, 5) is 30.0. The van der Waals surface area contributed by atoms with Crippen molar-refractivity contribution in [3.05, 3.63) is 72.1 Å². The lowest BCUT2D eigenvalue weighted by molar-refractivity contribution is -0.127. The molecule has 25 heavy (non-hydrogen) atoms. The molecule has 1 aromatic heterocycles. The van der Waals surface area contributed by atoms with Gasteiger partial charge in [0.15, 0.2) is 0 Å². The first kappa shape index (κ1) is 16.9. The number of hydrogen-bond donors (Lipinski definition) is 1. The Kier molecular flexibility index (Phi) is 5.57. The third-order valence-corrected chi connectivity index (χ3v) is 4.15. The van der Waals surface area contributed by atoms with Crippen molar-refractivity contribution in [1.82, 2.24) is 15.2 Å². The van der Waals surface area contributed by atoms with Gasteiger partial charge in [-0.25, -0.2) is 0 Å². The van der Waals surface area contributed by atoms with Gasteiger partial charge in [-0.05, 0) is 29.7 Å². The quantitative estimate of drug-likeness (QED) is 0.825. The fourth-order valence-electron chi connectivity index (χ4n) is 2.86. The normalized spacial score (nSPS) is 16.8. The van der Waals surface area contributed by atoms with E-state index in [0.717, 1.165) is 17.5 Å². The van der Waals surface area contributed by atoms with Crippen LogP contribution in [0.2, 0.25) is 0 Å².